The minimum absolute atomic E-state index is 0.0332. The van der Waals surface area contributed by atoms with Gasteiger partial charge in [0, 0.05) is 10.8 Å². The molecule has 0 amide bonds. The maximum atomic E-state index is 9.75. The summed E-state index contributed by atoms with van der Waals surface area (Å²) in [5.74, 6) is 0. The molecule has 0 fully saturated rings. The maximum absolute atomic E-state index is 9.75. The Labute approximate surface area is 309 Å². The van der Waals surface area contributed by atoms with Gasteiger partial charge in [-0.15, -0.1) is 0 Å². The lowest BCUT2D eigenvalue weighted by Gasteiger charge is -2.18. The number of furan rings is 1. The molecule has 0 unspecified atom stereocenters. The first-order valence-corrected chi connectivity index (χ1v) is 15.4. The van der Waals surface area contributed by atoms with E-state index in [0.29, 0.717) is 38.2 Å². The summed E-state index contributed by atoms with van der Waals surface area (Å²) in [6.07, 6.45) is 0. The highest BCUT2D eigenvalue weighted by molar-refractivity contribution is 6.22. The normalized spacial score (nSPS) is 16.8. The highest BCUT2D eigenvalue weighted by Gasteiger charge is 2.18. The van der Waals surface area contributed by atoms with E-state index in [1.807, 2.05) is 36.4 Å². The summed E-state index contributed by atoms with van der Waals surface area (Å²) in [6.45, 7) is 0. The highest BCUT2D eigenvalue weighted by atomic mass is 16.3. The fraction of sp³-hybridized carbons (Fsp3) is 0. The third kappa shape index (κ3) is 4.55. The average Bonchev–Trinajstić information content (AvgIpc) is 3.74. The van der Waals surface area contributed by atoms with E-state index in [-0.39, 0.29) is 55.9 Å². The smallest absolute Gasteiger partial charge is 0.136 e. The van der Waals surface area contributed by atoms with Gasteiger partial charge in [-0.05, 0) is 101 Å². The second kappa shape index (κ2) is 11.1. The molecular formula is C48H30O. The van der Waals surface area contributed by atoms with Crippen LogP contribution in [0, 0.1) is 0 Å². The molecule has 1 nitrogen and oxygen atoms in total. The molecule has 49 heavy (non-hydrogen) atoms. The first-order valence-electron chi connectivity index (χ1n) is 24.4. The standard InChI is InChI=1S/C48H30O/c1-2-10-31(11-3-1)32-18-20-33(21-19-32)34-22-24-35(25-23-34)47-39-14-6-8-16-41(39)48(42-17-9-7-15-40(42)47)38-26-27-45-43(29-38)44-28-36-12-4-5-13-37(36)30-46(44)49-45/h1-30H/i1D,2D,3D,4D,5D,10D,11D,12D,13D,18D,19D,20D,21D,26D,27D,28D,29D,30D. The molecule has 1 aromatic heterocycles. The van der Waals surface area contributed by atoms with Crippen molar-refractivity contribution in [2.45, 2.75) is 0 Å². The molecule has 10 aromatic rings. The van der Waals surface area contributed by atoms with E-state index in [2.05, 4.69) is 0 Å². The molecule has 0 aliphatic heterocycles. The first kappa shape index (κ1) is 15.2. The van der Waals surface area contributed by atoms with Crippen LogP contribution in [0.15, 0.2) is 186 Å². The van der Waals surface area contributed by atoms with Crippen molar-refractivity contribution in [2.24, 2.45) is 0 Å². The third-order valence-electron chi connectivity index (χ3n) is 8.65. The van der Waals surface area contributed by atoms with Crippen LogP contribution in [0.4, 0.5) is 0 Å². The maximum Gasteiger partial charge on any atom is 0.136 e. The molecule has 228 valence electrons. The minimum atomic E-state index is -0.669. The summed E-state index contributed by atoms with van der Waals surface area (Å²) in [7, 11) is 0. The Morgan fingerprint density at radius 3 is 1.43 bits per heavy atom. The van der Waals surface area contributed by atoms with Crippen molar-refractivity contribution in [3.8, 4) is 44.5 Å². The molecule has 0 aliphatic carbocycles. The number of rotatable bonds is 4. The van der Waals surface area contributed by atoms with Crippen molar-refractivity contribution in [3.63, 3.8) is 0 Å². The molecule has 0 spiro atoms. The van der Waals surface area contributed by atoms with Crippen LogP contribution in [-0.4, -0.2) is 0 Å². The lowest BCUT2D eigenvalue weighted by atomic mass is 9.85. The third-order valence-corrected chi connectivity index (χ3v) is 8.65. The zero-order valence-corrected chi connectivity index (χ0v) is 25.3. The SMILES string of the molecule is [2H]c1c([2H])c([2H])c(-c2c([2H])c([2H])c(-c3ccc(-c4c5ccccc5c(-c5c([2H])c([2H])c6oc7c([2H])c8c([2H])c([2H])c([2H])c([2H])c8c([2H])c7c6c5[2H])c5ccccc45)cc3)c([2H])c2[2H])c([2H])c1[2H]. The molecule has 1 heterocycles. The summed E-state index contributed by atoms with van der Waals surface area (Å²) in [5, 5.41) is 1.91. The highest BCUT2D eigenvalue weighted by Crippen LogP contribution is 2.45. The van der Waals surface area contributed by atoms with Gasteiger partial charge in [0.15, 0.2) is 0 Å². The van der Waals surface area contributed by atoms with Crippen LogP contribution in [0.2, 0.25) is 0 Å². The van der Waals surface area contributed by atoms with Gasteiger partial charge in [-0.2, -0.15) is 0 Å². The van der Waals surface area contributed by atoms with E-state index in [0.717, 1.165) is 5.56 Å². The Morgan fingerprint density at radius 1 is 0.327 bits per heavy atom. The Bertz CT molecular complexity index is 3780. The van der Waals surface area contributed by atoms with E-state index in [1.165, 1.54) is 0 Å². The quantitative estimate of drug-likeness (QED) is 0.174. The molecule has 0 saturated heterocycles. The lowest BCUT2D eigenvalue weighted by Crippen LogP contribution is -1.91. The Morgan fingerprint density at radius 2 is 0.796 bits per heavy atom. The number of hydrogen-bond acceptors (Lipinski definition) is 1. The van der Waals surface area contributed by atoms with Crippen molar-refractivity contribution in [2.75, 3.05) is 0 Å². The molecule has 0 saturated carbocycles. The van der Waals surface area contributed by atoms with Crippen LogP contribution in [0.3, 0.4) is 0 Å². The molecule has 9 aromatic carbocycles. The van der Waals surface area contributed by atoms with Crippen LogP contribution in [0.25, 0.3) is 98.8 Å². The molecule has 1 heteroatoms. The Kier molecular flexibility index (Phi) is 3.43. The molecule has 0 aliphatic rings. The van der Waals surface area contributed by atoms with E-state index < -0.39 is 108 Å². The van der Waals surface area contributed by atoms with Gasteiger partial charge < -0.3 is 4.42 Å². The summed E-state index contributed by atoms with van der Waals surface area (Å²) in [6, 6.07) is 11.8. The molecule has 10 rings (SSSR count). The van der Waals surface area contributed by atoms with Crippen LogP contribution in [-0.2, 0) is 0 Å². The van der Waals surface area contributed by atoms with Crippen molar-refractivity contribution >= 4 is 54.3 Å². The van der Waals surface area contributed by atoms with Gasteiger partial charge in [0.1, 0.15) is 11.2 Å². The van der Waals surface area contributed by atoms with Crippen LogP contribution in [0.5, 0.6) is 0 Å². The van der Waals surface area contributed by atoms with E-state index in [1.54, 1.807) is 36.4 Å². The zero-order chi connectivity index (χ0) is 48.0. The monoisotopic (exact) mass is 640 g/mol. The molecule has 0 bridgehead atoms. The summed E-state index contributed by atoms with van der Waals surface area (Å²) < 4.78 is 163. The second-order valence-electron chi connectivity index (χ2n) is 11.4. The predicted molar refractivity (Wildman–Crippen MR) is 208 cm³/mol. The fourth-order valence-corrected chi connectivity index (χ4v) is 6.45. The van der Waals surface area contributed by atoms with Crippen LogP contribution < -0.4 is 0 Å². The first-order chi connectivity index (χ1) is 31.8. The molecule has 0 radical (unpaired) electrons. The zero-order valence-electron chi connectivity index (χ0n) is 43.3. The minimum Gasteiger partial charge on any atom is -0.456 e. The van der Waals surface area contributed by atoms with Crippen LogP contribution in [0.1, 0.15) is 24.7 Å². The molecule has 0 N–H and O–H groups in total. The topological polar surface area (TPSA) is 13.1 Å². The summed E-state index contributed by atoms with van der Waals surface area (Å²) >= 11 is 0. The Hall–Kier alpha value is -6.44. The second-order valence-corrected chi connectivity index (χ2v) is 11.4. The van der Waals surface area contributed by atoms with Crippen molar-refractivity contribution in [1.29, 1.82) is 0 Å². The number of benzene rings is 9. The Balaban J connectivity index is 1.19. The van der Waals surface area contributed by atoms with Gasteiger partial charge in [0.2, 0.25) is 0 Å². The number of hydrogen-bond donors (Lipinski definition) is 0. The molecular weight excluding hydrogens is 593 g/mol. The van der Waals surface area contributed by atoms with E-state index >= 15 is 0 Å². The van der Waals surface area contributed by atoms with Gasteiger partial charge in [0.05, 0.1) is 24.7 Å². The lowest BCUT2D eigenvalue weighted by molar-refractivity contribution is 0.669. The summed E-state index contributed by atoms with van der Waals surface area (Å²) in [5.41, 5.74) is 0.762. The number of fused-ring (bicyclic) bond motifs is 6. The van der Waals surface area contributed by atoms with E-state index in [4.69, 9.17) is 23.6 Å². The van der Waals surface area contributed by atoms with Crippen molar-refractivity contribution in [1.82, 2.24) is 0 Å². The average molecular weight is 641 g/mol. The van der Waals surface area contributed by atoms with Gasteiger partial charge in [-0.3, -0.25) is 0 Å². The van der Waals surface area contributed by atoms with Crippen molar-refractivity contribution in [3.05, 3.63) is 182 Å². The summed E-state index contributed by atoms with van der Waals surface area (Å²) in [4.78, 5) is 0. The van der Waals surface area contributed by atoms with Crippen LogP contribution >= 0.6 is 0 Å². The molecule has 0 atom stereocenters. The van der Waals surface area contributed by atoms with E-state index in [9.17, 15) is 5.48 Å². The van der Waals surface area contributed by atoms with Gasteiger partial charge >= 0.3 is 0 Å². The van der Waals surface area contributed by atoms with Gasteiger partial charge in [-0.1, -0.05) is 157 Å². The van der Waals surface area contributed by atoms with Gasteiger partial charge in [-0.25, -0.2) is 0 Å². The largest absolute Gasteiger partial charge is 0.456 e. The predicted octanol–water partition coefficient (Wildman–Crippen LogP) is 13.7. The fourth-order valence-electron chi connectivity index (χ4n) is 6.45. The van der Waals surface area contributed by atoms with Gasteiger partial charge in [0.25, 0.3) is 0 Å². The van der Waals surface area contributed by atoms with Crippen molar-refractivity contribution < 1.29 is 29.1 Å².